The molecule has 1 aromatic heterocycles. The molecule has 0 aliphatic carbocycles. The van der Waals surface area contributed by atoms with E-state index in [2.05, 4.69) is 0 Å². The van der Waals surface area contributed by atoms with E-state index >= 15 is 0 Å². The van der Waals surface area contributed by atoms with Crippen molar-refractivity contribution < 1.29 is 9.15 Å². The molecule has 0 amide bonds. The van der Waals surface area contributed by atoms with Crippen LogP contribution in [0, 0.1) is 6.92 Å². The molecule has 0 fully saturated rings. The Kier molecular flexibility index (Phi) is 2.75. The predicted molar refractivity (Wildman–Crippen MR) is 60.6 cm³/mol. The molecule has 5 heteroatoms. The van der Waals surface area contributed by atoms with Gasteiger partial charge in [-0.05, 0) is 19.1 Å². The number of nitrogens with zero attached hydrogens (tertiary/aromatic N) is 1. The summed E-state index contributed by atoms with van der Waals surface area (Å²) in [5.74, 6) is -0.313. The number of aromatic nitrogens is 1. The van der Waals surface area contributed by atoms with Crippen molar-refractivity contribution in [2.75, 3.05) is 7.11 Å². The van der Waals surface area contributed by atoms with Gasteiger partial charge in [0.1, 0.15) is 5.69 Å². The number of para-hydroxylation sites is 1. The van der Waals surface area contributed by atoms with Gasteiger partial charge in [0.2, 0.25) is 0 Å². The first-order valence-corrected chi connectivity index (χ1v) is 5.04. The third kappa shape index (κ3) is 1.61. The fourth-order valence-electron chi connectivity index (χ4n) is 1.53. The van der Waals surface area contributed by atoms with Gasteiger partial charge in [-0.15, -0.1) is 0 Å². The van der Waals surface area contributed by atoms with Crippen LogP contribution in [0.4, 0.5) is 0 Å². The molecule has 0 atom stereocenters. The summed E-state index contributed by atoms with van der Waals surface area (Å²) < 4.78 is 11.2. The average Bonchev–Trinajstić information content (AvgIpc) is 2.55. The van der Waals surface area contributed by atoms with Crippen molar-refractivity contribution in [2.24, 2.45) is 0 Å². The summed E-state index contributed by atoms with van der Waals surface area (Å²) in [7, 11) is 1.45. The molecule has 0 saturated carbocycles. The largest absolute Gasteiger partial charge is 0.467 e. The fourth-order valence-corrected chi connectivity index (χ4v) is 1.75. The van der Waals surface area contributed by atoms with Crippen molar-refractivity contribution in [3.8, 4) is 11.6 Å². The Hall–Kier alpha value is -1.68. The van der Waals surface area contributed by atoms with E-state index in [1.165, 1.54) is 11.7 Å². The van der Waals surface area contributed by atoms with Crippen LogP contribution in [0.15, 0.2) is 33.5 Å². The first kappa shape index (κ1) is 10.8. The van der Waals surface area contributed by atoms with Crippen molar-refractivity contribution in [1.29, 1.82) is 0 Å². The Balaban J connectivity index is 2.70. The maximum atomic E-state index is 11.6. The van der Waals surface area contributed by atoms with Crippen LogP contribution >= 0.6 is 11.6 Å². The second kappa shape index (κ2) is 4.06. The van der Waals surface area contributed by atoms with Crippen molar-refractivity contribution in [2.45, 2.75) is 6.92 Å². The van der Waals surface area contributed by atoms with Crippen LogP contribution in [0.1, 0.15) is 5.69 Å². The molecule has 2 rings (SSSR count). The minimum absolute atomic E-state index is 0.199. The number of halogens is 1. The van der Waals surface area contributed by atoms with E-state index in [1.807, 2.05) is 0 Å². The molecule has 84 valence electrons. The van der Waals surface area contributed by atoms with Crippen LogP contribution in [0.2, 0.25) is 5.02 Å². The summed E-state index contributed by atoms with van der Waals surface area (Å²) in [6.07, 6.45) is 0. The number of hydrogen-bond donors (Lipinski definition) is 0. The zero-order valence-electron chi connectivity index (χ0n) is 8.86. The SMILES string of the molecule is COc1oc(=O)n(-c2ccccc2Cl)c1C. The van der Waals surface area contributed by atoms with E-state index in [-0.39, 0.29) is 5.95 Å². The first-order valence-electron chi connectivity index (χ1n) is 4.66. The number of oxazole rings is 1. The van der Waals surface area contributed by atoms with Gasteiger partial charge in [0.25, 0.3) is 0 Å². The highest BCUT2D eigenvalue weighted by atomic mass is 35.5. The zero-order chi connectivity index (χ0) is 11.7. The van der Waals surface area contributed by atoms with E-state index in [0.717, 1.165) is 0 Å². The standard InChI is InChI=1S/C11H10ClNO3/c1-7-10(15-2)16-11(14)13(7)9-6-4-3-5-8(9)12/h3-6H,1-2H3. The number of rotatable bonds is 2. The quantitative estimate of drug-likeness (QED) is 0.808. The molecule has 4 nitrogen and oxygen atoms in total. The smallest absolute Gasteiger partial charge is 0.426 e. The Morgan fingerprint density at radius 2 is 2.06 bits per heavy atom. The zero-order valence-corrected chi connectivity index (χ0v) is 9.62. The first-order chi connectivity index (χ1) is 7.65. The van der Waals surface area contributed by atoms with Gasteiger partial charge in [0, 0.05) is 0 Å². The molecule has 1 aromatic carbocycles. The lowest BCUT2D eigenvalue weighted by molar-refractivity contribution is 0.292. The summed E-state index contributed by atoms with van der Waals surface area (Å²) in [6, 6.07) is 7.05. The number of hydrogen-bond acceptors (Lipinski definition) is 3. The van der Waals surface area contributed by atoms with Crippen LogP contribution in [-0.2, 0) is 0 Å². The van der Waals surface area contributed by atoms with Crippen molar-refractivity contribution >= 4 is 11.6 Å². The van der Waals surface area contributed by atoms with Crippen molar-refractivity contribution in [3.05, 3.63) is 45.5 Å². The number of ether oxygens (including phenoxy) is 1. The third-order valence-electron chi connectivity index (χ3n) is 2.27. The highest BCUT2D eigenvalue weighted by Gasteiger charge is 2.16. The molecular weight excluding hydrogens is 230 g/mol. The lowest BCUT2D eigenvalue weighted by Crippen LogP contribution is -2.13. The summed E-state index contributed by atoms with van der Waals surface area (Å²) in [5.41, 5.74) is 1.17. The van der Waals surface area contributed by atoms with E-state index in [4.69, 9.17) is 20.8 Å². The summed E-state index contributed by atoms with van der Waals surface area (Å²) in [4.78, 5) is 11.6. The second-order valence-electron chi connectivity index (χ2n) is 3.23. The molecule has 0 saturated heterocycles. The molecular formula is C11H10ClNO3. The van der Waals surface area contributed by atoms with E-state index in [0.29, 0.717) is 16.4 Å². The van der Waals surface area contributed by atoms with Crippen LogP contribution in [0.25, 0.3) is 5.69 Å². The van der Waals surface area contributed by atoms with Gasteiger partial charge in [0.15, 0.2) is 0 Å². The predicted octanol–water partition coefficient (Wildman–Crippen LogP) is 2.40. The molecule has 0 radical (unpaired) electrons. The van der Waals surface area contributed by atoms with Gasteiger partial charge in [-0.25, -0.2) is 9.36 Å². The molecule has 0 aliphatic heterocycles. The van der Waals surface area contributed by atoms with E-state index < -0.39 is 5.76 Å². The van der Waals surface area contributed by atoms with E-state index in [9.17, 15) is 4.79 Å². The van der Waals surface area contributed by atoms with Crippen LogP contribution in [0.5, 0.6) is 5.95 Å². The highest BCUT2D eigenvalue weighted by molar-refractivity contribution is 6.32. The van der Waals surface area contributed by atoms with Crippen molar-refractivity contribution in [3.63, 3.8) is 0 Å². The monoisotopic (exact) mass is 239 g/mol. The van der Waals surface area contributed by atoms with Gasteiger partial charge in [-0.3, -0.25) is 0 Å². The molecule has 0 aliphatic rings. The molecule has 0 spiro atoms. The lowest BCUT2D eigenvalue weighted by Gasteiger charge is -2.04. The van der Waals surface area contributed by atoms with Gasteiger partial charge in [-0.1, -0.05) is 23.7 Å². The maximum Gasteiger partial charge on any atom is 0.426 e. The van der Waals surface area contributed by atoms with Gasteiger partial charge >= 0.3 is 11.7 Å². The Bertz CT molecular complexity index is 571. The number of methoxy groups -OCH3 is 1. The van der Waals surface area contributed by atoms with Crippen LogP contribution in [0.3, 0.4) is 0 Å². The van der Waals surface area contributed by atoms with Crippen molar-refractivity contribution in [1.82, 2.24) is 4.57 Å². The van der Waals surface area contributed by atoms with Gasteiger partial charge in [0.05, 0.1) is 17.8 Å². The molecule has 16 heavy (non-hydrogen) atoms. The molecule has 0 bridgehead atoms. The summed E-state index contributed by atoms with van der Waals surface area (Å²) >= 11 is 6.01. The van der Waals surface area contributed by atoms with E-state index in [1.54, 1.807) is 31.2 Å². The fraction of sp³-hybridized carbons (Fsp3) is 0.182. The molecule has 1 heterocycles. The topological polar surface area (TPSA) is 44.4 Å². The normalized spacial score (nSPS) is 10.4. The highest BCUT2D eigenvalue weighted by Crippen LogP contribution is 2.24. The molecule has 0 unspecified atom stereocenters. The lowest BCUT2D eigenvalue weighted by atomic mass is 10.3. The van der Waals surface area contributed by atoms with Gasteiger partial charge < -0.3 is 9.15 Å². The Morgan fingerprint density at radius 3 is 2.62 bits per heavy atom. The Morgan fingerprint density at radius 1 is 1.38 bits per heavy atom. The van der Waals surface area contributed by atoms with Gasteiger partial charge in [-0.2, -0.15) is 0 Å². The average molecular weight is 240 g/mol. The third-order valence-corrected chi connectivity index (χ3v) is 2.59. The summed E-state index contributed by atoms with van der Waals surface area (Å²) in [6.45, 7) is 1.73. The van der Waals surface area contributed by atoms with Crippen LogP contribution in [-0.4, -0.2) is 11.7 Å². The van der Waals surface area contributed by atoms with Crippen LogP contribution < -0.4 is 10.5 Å². The minimum Gasteiger partial charge on any atom is -0.467 e. The minimum atomic E-state index is -0.512. The number of benzene rings is 1. The maximum absolute atomic E-state index is 11.6. The molecule has 2 aromatic rings. The summed E-state index contributed by atoms with van der Waals surface area (Å²) in [5, 5.41) is 0.483. The Labute approximate surface area is 97.0 Å². The second-order valence-corrected chi connectivity index (χ2v) is 3.64. The molecule has 0 N–H and O–H groups in total.